The van der Waals surface area contributed by atoms with E-state index in [9.17, 15) is 27.1 Å². The number of aliphatic hydroxyl groups is 1. The minimum absolute atomic E-state index is 0.273. The van der Waals surface area contributed by atoms with Gasteiger partial charge in [0.1, 0.15) is 16.3 Å². The lowest BCUT2D eigenvalue weighted by Crippen LogP contribution is -2.32. The van der Waals surface area contributed by atoms with E-state index < -0.39 is 44.2 Å². The van der Waals surface area contributed by atoms with E-state index in [1.165, 1.54) is 0 Å². The van der Waals surface area contributed by atoms with Gasteiger partial charge in [-0.3, -0.25) is 0 Å². The third-order valence-electron chi connectivity index (χ3n) is 2.54. The molecular formula is C11H13F2NO5S. The summed E-state index contributed by atoms with van der Waals surface area (Å²) in [7, 11) is -4.38. The second kappa shape index (κ2) is 6.25. The molecule has 1 aromatic carbocycles. The van der Waals surface area contributed by atoms with Gasteiger partial charge in [-0.25, -0.2) is 26.7 Å². The number of benzene rings is 1. The average Bonchev–Trinajstić information content (AvgIpc) is 2.35. The minimum atomic E-state index is -4.38. The van der Waals surface area contributed by atoms with Crippen molar-refractivity contribution in [1.29, 1.82) is 0 Å². The van der Waals surface area contributed by atoms with E-state index in [2.05, 4.69) is 0 Å². The van der Waals surface area contributed by atoms with Crippen molar-refractivity contribution in [2.75, 3.05) is 6.54 Å². The Morgan fingerprint density at radius 3 is 2.50 bits per heavy atom. The van der Waals surface area contributed by atoms with Crippen LogP contribution in [0.4, 0.5) is 8.78 Å². The summed E-state index contributed by atoms with van der Waals surface area (Å²) < 4.78 is 52.4. The van der Waals surface area contributed by atoms with Gasteiger partial charge in [-0.1, -0.05) is 6.92 Å². The molecule has 1 rings (SSSR count). The first kappa shape index (κ1) is 16.5. The van der Waals surface area contributed by atoms with Gasteiger partial charge in [-0.05, 0) is 18.6 Å². The number of nitrogens with one attached hydrogen (secondary N) is 1. The maximum absolute atomic E-state index is 13.8. The molecule has 0 heterocycles. The summed E-state index contributed by atoms with van der Waals surface area (Å²) in [6.45, 7) is 1.25. The smallest absolute Gasteiger partial charge is 0.341 e. The van der Waals surface area contributed by atoms with E-state index >= 15 is 0 Å². The molecule has 0 saturated carbocycles. The Hall–Kier alpha value is -1.58. The van der Waals surface area contributed by atoms with Gasteiger partial charge in [0.15, 0.2) is 5.82 Å². The molecule has 0 aliphatic carbocycles. The number of carboxylic acid groups (broad SMARTS) is 1. The van der Waals surface area contributed by atoms with Crippen molar-refractivity contribution in [2.24, 2.45) is 0 Å². The number of sulfonamides is 1. The molecule has 0 fully saturated rings. The van der Waals surface area contributed by atoms with Gasteiger partial charge in [-0.15, -0.1) is 0 Å². The summed E-state index contributed by atoms with van der Waals surface area (Å²) in [6.07, 6.45) is -0.693. The quantitative estimate of drug-likeness (QED) is 0.718. The molecule has 9 heteroatoms. The predicted molar refractivity (Wildman–Crippen MR) is 64.8 cm³/mol. The molecule has 3 N–H and O–H groups in total. The zero-order valence-corrected chi connectivity index (χ0v) is 11.2. The molecule has 0 radical (unpaired) electrons. The molecule has 0 amide bonds. The maximum Gasteiger partial charge on any atom is 0.341 e. The summed E-state index contributed by atoms with van der Waals surface area (Å²) >= 11 is 0. The Balaban J connectivity index is 3.20. The van der Waals surface area contributed by atoms with Crippen LogP contribution in [0, 0.1) is 11.6 Å². The number of aliphatic hydroxyl groups excluding tert-OH is 1. The highest BCUT2D eigenvalue weighted by Gasteiger charge is 2.27. The Bertz CT molecular complexity index is 617. The fourth-order valence-electron chi connectivity index (χ4n) is 1.36. The highest BCUT2D eigenvalue weighted by molar-refractivity contribution is 7.89. The van der Waals surface area contributed by atoms with Crippen LogP contribution < -0.4 is 4.72 Å². The van der Waals surface area contributed by atoms with E-state index in [-0.39, 0.29) is 13.0 Å². The average molecular weight is 309 g/mol. The normalized spacial score (nSPS) is 13.2. The van der Waals surface area contributed by atoms with Crippen LogP contribution in [0.1, 0.15) is 23.7 Å². The van der Waals surface area contributed by atoms with Gasteiger partial charge in [0.05, 0.1) is 6.10 Å². The van der Waals surface area contributed by atoms with Gasteiger partial charge in [-0.2, -0.15) is 0 Å². The van der Waals surface area contributed by atoms with Crippen LogP contribution in [-0.4, -0.2) is 37.2 Å². The van der Waals surface area contributed by atoms with Crippen molar-refractivity contribution in [3.63, 3.8) is 0 Å². The Morgan fingerprint density at radius 2 is 2.00 bits per heavy atom. The zero-order valence-electron chi connectivity index (χ0n) is 10.4. The Kier molecular flexibility index (Phi) is 5.15. The van der Waals surface area contributed by atoms with E-state index in [1.54, 1.807) is 6.92 Å². The number of carbonyl (C=O) groups is 1. The number of aromatic carboxylic acids is 1. The second-order valence-corrected chi connectivity index (χ2v) is 5.69. The lowest BCUT2D eigenvalue weighted by molar-refractivity contribution is 0.0685. The Morgan fingerprint density at radius 1 is 1.40 bits per heavy atom. The molecule has 6 nitrogen and oxygen atoms in total. The van der Waals surface area contributed by atoms with E-state index in [4.69, 9.17) is 5.11 Å². The molecule has 0 aliphatic rings. The topological polar surface area (TPSA) is 104 Å². The SMILES string of the molecule is CCC(O)CNS(=O)(=O)c1ccc(F)c(C(=O)O)c1F. The van der Waals surface area contributed by atoms with E-state index in [0.717, 1.165) is 0 Å². The molecule has 1 aromatic rings. The fraction of sp³-hybridized carbons (Fsp3) is 0.364. The Labute approximate surface area is 114 Å². The molecule has 0 aromatic heterocycles. The largest absolute Gasteiger partial charge is 0.477 e. The molecule has 1 atom stereocenters. The summed E-state index contributed by atoms with van der Waals surface area (Å²) in [5.74, 6) is -4.97. The third kappa shape index (κ3) is 3.50. The molecular weight excluding hydrogens is 296 g/mol. The van der Waals surface area contributed by atoms with Crippen LogP contribution in [0.15, 0.2) is 17.0 Å². The van der Waals surface area contributed by atoms with Crippen molar-refractivity contribution < 1.29 is 32.2 Å². The molecule has 1 unspecified atom stereocenters. The van der Waals surface area contributed by atoms with Gasteiger partial charge in [0.2, 0.25) is 10.0 Å². The van der Waals surface area contributed by atoms with Gasteiger partial charge < -0.3 is 10.2 Å². The van der Waals surface area contributed by atoms with Crippen molar-refractivity contribution in [2.45, 2.75) is 24.3 Å². The summed E-state index contributed by atoms with van der Waals surface area (Å²) in [4.78, 5) is 9.71. The van der Waals surface area contributed by atoms with Crippen LogP contribution in [0.25, 0.3) is 0 Å². The minimum Gasteiger partial charge on any atom is -0.477 e. The number of carboxylic acids is 1. The standard InChI is InChI=1S/C11H13F2NO5S/c1-2-6(15)5-14-20(18,19)8-4-3-7(12)9(10(8)13)11(16)17/h3-4,6,14-15H,2,5H2,1H3,(H,16,17). The summed E-state index contributed by atoms with van der Waals surface area (Å²) in [5, 5.41) is 17.9. The number of halogens is 2. The van der Waals surface area contributed by atoms with Gasteiger partial charge in [0, 0.05) is 6.54 Å². The molecule has 0 aliphatic heterocycles. The molecule has 0 saturated heterocycles. The van der Waals surface area contributed by atoms with Gasteiger partial charge in [0.25, 0.3) is 0 Å². The first-order valence-electron chi connectivity index (χ1n) is 5.59. The van der Waals surface area contributed by atoms with Crippen molar-refractivity contribution >= 4 is 16.0 Å². The van der Waals surface area contributed by atoms with Crippen molar-refractivity contribution in [1.82, 2.24) is 4.72 Å². The lowest BCUT2D eigenvalue weighted by atomic mass is 10.2. The number of rotatable bonds is 6. The number of hydrogen-bond acceptors (Lipinski definition) is 4. The first-order chi connectivity index (χ1) is 9.20. The predicted octanol–water partition coefficient (Wildman–Crippen LogP) is 0.712. The molecule has 0 spiro atoms. The van der Waals surface area contributed by atoms with Crippen LogP contribution >= 0.6 is 0 Å². The molecule has 0 bridgehead atoms. The molecule has 20 heavy (non-hydrogen) atoms. The second-order valence-electron chi connectivity index (χ2n) is 3.95. The fourth-order valence-corrected chi connectivity index (χ4v) is 2.52. The maximum atomic E-state index is 13.8. The van der Waals surface area contributed by atoms with Crippen molar-refractivity contribution in [3.8, 4) is 0 Å². The summed E-state index contributed by atoms with van der Waals surface area (Å²) in [6, 6.07) is 1.18. The van der Waals surface area contributed by atoms with Crippen LogP contribution in [-0.2, 0) is 10.0 Å². The zero-order chi connectivity index (χ0) is 15.5. The van der Waals surface area contributed by atoms with E-state index in [1.807, 2.05) is 4.72 Å². The highest BCUT2D eigenvalue weighted by Crippen LogP contribution is 2.21. The van der Waals surface area contributed by atoms with Gasteiger partial charge >= 0.3 is 5.97 Å². The number of hydrogen-bond donors (Lipinski definition) is 3. The van der Waals surface area contributed by atoms with Crippen molar-refractivity contribution in [3.05, 3.63) is 29.3 Å². The van der Waals surface area contributed by atoms with Crippen LogP contribution in [0.5, 0.6) is 0 Å². The van der Waals surface area contributed by atoms with Crippen LogP contribution in [0.2, 0.25) is 0 Å². The monoisotopic (exact) mass is 309 g/mol. The van der Waals surface area contributed by atoms with Crippen LogP contribution in [0.3, 0.4) is 0 Å². The van der Waals surface area contributed by atoms with E-state index in [0.29, 0.717) is 12.1 Å². The first-order valence-corrected chi connectivity index (χ1v) is 7.08. The molecule has 112 valence electrons. The lowest BCUT2D eigenvalue weighted by Gasteiger charge is -2.11. The highest BCUT2D eigenvalue weighted by atomic mass is 32.2. The summed E-state index contributed by atoms with van der Waals surface area (Å²) in [5.41, 5.74) is -1.34. The third-order valence-corrected chi connectivity index (χ3v) is 3.98.